The van der Waals surface area contributed by atoms with Crippen LogP contribution in [-0.4, -0.2) is 16.7 Å². The Morgan fingerprint density at radius 1 is 0.543 bits per heavy atom. The first kappa shape index (κ1) is 29.4. The maximum Gasteiger partial charge on any atom is 0.239 e. The van der Waals surface area contributed by atoms with Crippen LogP contribution in [0.5, 0.6) is 0 Å². The van der Waals surface area contributed by atoms with Crippen molar-refractivity contribution >= 4 is 50.6 Å². The molecule has 2 heterocycles. The predicted molar refractivity (Wildman–Crippen MR) is 192 cm³/mol. The molecule has 0 saturated carbocycles. The number of benzene rings is 4. The van der Waals surface area contributed by atoms with Gasteiger partial charge in [0.25, 0.3) is 0 Å². The van der Waals surface area contributed by atoms with Gasteiger partial charge in [0.1, 0.15) is 5.76 Å². The predicted octanol–water partition coefficient (Wildman–Crippen LogP) is 10.5. The summed E-state index contributed by atoms with van der Waals surface area (Å²) >= 11 is 3.29. The molecule has 4 aromatic carbocycles. The van der Waals surface area contributed by atoms with Crippen LogP contribution in [0.1, 0.15) is 16.7 Å². The molecule has 1 N–H and O–H groups in total. The Kier molecular flexibility index (Phi) is 8.26. The van der Waals surface area contributed by atoms with Crippen LogP contribution in [0.4, 0.5) is 0 Å². The van der Waals surface area contributed by atoms with Crippen molar-refractivity contribution in [2.24, 2.45) is 0 Å². The lowest BCUT2D eigenvalue weighted by molar-refractivity contribution is -0.131. The number of carbonyl (C=O) groups excluding carboxylic acids is 2. The summed E-state index contributed by atoms with van der Waals surface area (Å²) in [5.41, 5.74) is 5.61. The van der Waals surface area contributed by atoms with E-state index in [1.54, 1.807) is 35.3 Å². The van der Waals surface area contributed by atoms with Gasteiger partial charge in [-0.2, -0.15) is 0 Å². The molecule has 46 heavy (non-hydrogen) atoms. The molecule has 0 saturated heterocycles. The normalized spacial score (nSPS) is 15.7. The minimum atomic E-state index is -0.718. The van der Waals surface area contributed by atoms with Crippen molar-refractivity contribution in [1.82, 2.24) is 0 Å². The Bertz CT molecular complexity index is 2010. The highest BCUT2D eigenvalue weighted by molar-refractivity contribution is 8.16. The number of allylic oxidation sites excluding steroid dienone is 6. The number of ketones is 2. The largest absolute Gasteiger partial charge is 0.506 e. The van der Waals surface area contributed by atoms with Gasteiger partial charge in [-0.15, -0.1) is 0 Å². The van der Waals surface area contributed by atoms with E-state index in [0.29, 0.717) is 0 Å². The Balaban J connectivity index is 1.33. The molecule has 7 rings (SSSR count). The standard InChI is InChI=1S/C41H26O3S2/c42-39-33(21-27-23-35(29-13-5-1-6-14-29)45-36(24-27)30-15-7-2-8-16-30)40(43)41(44)34(39)22-28-25-37(31-17-9-3-10-18-31)46-38(26-28)32-19-11-4-12-20-32/h1-26H/p+1. The lowest BCUT2D eigenvalue weighted by atomic mass is 10.0. The van der Waals surface area contributed by atoms with Crippen molar-refractivity contribution in [2.45, 2.75) is 0 Å². The van der Waals surface area contributed by atoms with Gasteiger partial charge >= 0.3 is 0 Å². The monoisotopic (exact) mass is 631 g/mol. The molecule has 0 spiro atoms. The molecule has 220 valence electrons. The first-order valence-corrected chi connectivity index (χ1v) is 16.4. The van der Waals surface area contributed by atoms with Gasteiger partial charge in [0, 0.05) is 33.1 Å². The van der Waals surface area contributed by atoms with Crippen LogP contribution < -0.4 is 0 Å². The molecule has 1 aliphatic carbocycles. The van der Waals surface area contributed by atoms with Crippen LogP contribution in [0.25, 0.3) is 36.8 Å². The summed E-state index contributed by atoms with van der Waals surface area (Å²) in [4.78, 5) is 30.8. The van der Waals surface area contributed by atoms with Crippen LogP contribution in [-0.2, 0) is 9.59 Å². The Morgan fingerprint density at radius 2 is 0.978 bits per heavy atom. The molecule has 0 fully saturated rings. The molecule has 0 atom stereocenters. The summed E-state index contributed by atoms with van der Waals surface area (Å²) in [6, 6.07) is 44.1. The van der Waals surface area contributed by atoms with E-state index < -0.39 is 11.6 Å². The van der Waals surface area contributed by atoms with Crippen LogP contribution in [0, 0.1) is 0 Å². The molecule has 5 aromatic rings. The maximum absolute atomic E-state index is 13.4. The number of hydrogen-bond acceptors (Lipinski definition) is 4. The smallest absolute Gasteiger partial charge is 0.239 e. The summed E-state index contributed by atoms with van der Waals surface area (Å²) in [7, 11) is 0. The number of aliphatic hydroxyl groups excluding tert-OH is 1. The number of rotatable bonds is 6. The molecule has 0 radical (unpaired) electrons. The SMILES string of the molecule is O=C1C(=O)/C(=C\c2cc(-c3ccccc3)[s+]c(-c3ccccc3)c2)C(O)=C1C=C1C=C(c2ccccc2)SC(c2ccccc2)=C1. The molecule has 2 aliphatic rings. The van der Waals surface area contributed by atoms with Gasteiger partial charge in [-0.05, 0) is 70.8 Å². The van der Waals surface area contributed by atoms with Crippen molar-refractivity contribution in [1.29, 1.82) is 0 Å². The second kappa shape index (κ2) is 12.9. The average Bonchev–Trinajstić information content (AvgIpc) is 3.31. The van der Waals surface area contributed by atoms with Crippen molar-refractivity contribution < 1.29 is 14.7 Å². The summed E-state index contributed by atoms with van der Waals surface area (Å²) in [6.45, 7) is 0. The van der Waals surface area contributed by atoms with Crippen molar-refractivity contribution in [3.63, 3.8) is 0 Å². The van der Waals surface area contributed by atoms with E-state index in [0.717, 1.165) is 53.0 Å². The van der Waals surface area contributed by atoms with Crippen molar-refractivity contribution in [3.8, 4) is 20.9 Å². The van der Waals surface area contributed by atoms with E-state index in [9.17, 15) is 14.7 Å². The minimum absolute atomic E-state index is 0.00390. The summed E-state index contributed by atoms with van der Waals surface area (Å²) in [5, 5.41) is 11.4. The van der Waals surface area contributed by atoms with E-state index in [4.69, 9.17) is 0 Å². The topological polar surface area (TPSA) is 54.4 Å². The van der Waals surface area contributed by atoms with Gasteiger partial charge in [0.05, 0.1) is 11.1 Å². The average molecular weight is 632 g/mol. The Hall–Kier alpha value is -5.36. The van der Waals surface area contributed by atoms with Crippen molar-refractivity contribution in [3.05, 3.63) is 191 Å². The first-order valence-electron chi connectivity index (χ1n) is 14.8. The minimum Gasteiger partial charge on any atom is -0.506 e. The third-order valence-electron chi connectivity index (χ3n) is 7.69. The third kappa shape index (κ3) is 6.11. The Morgan fingerprint density at radius 3 is 1.43 bits per heavy atom. The lowest BCUT2D eigenvalue weighted by Crippen LogP contribution is -2.09. The lowest BCUT2D eigenvalue weighted by Gasteiger charge is -2.17. The van der Waals surface area contributed by atoms with Gasteiger partial charge in [-0.3, -0.25) is 9.59 Å². The van der Waals surface area contributed by atoms with Gasteiger partial charge in [-0.25, -0.2) is 0 Å². The molecule has 1 aromatic heterocycles. The van der Waals surface area contributed by atoms with E-state index in [1.165, 1.54) is 0 Å². The number of Topliss-reactive ketones (excluding diaryl/α,β-unsaturated/α-hetero) is 2. The fraction of sp³-hybridized carbons (Fsp3) is 0. The maximum atomic E-state index is 13.4. The third-order valence-corrected chi connectivity index (χ3v) is 9.99. The van der Waals surface area contributed by atoms with Crippen LogP contribution in [0.15, 0.2) is 174 Å². The molecule has 0 bridgehead atoms. The van der Waals surface area contributed by atoms with Crippen LogP contribution in [0.3, 0.4) is 0 Å². The number of thioether (sulfide) groups is 1. The second-order valence-electron chi connectivity index (χ2n) is 10.8. The van der Waals surface area contributed by atoms with E-state index >= 15 is 0 Å². The second-order valence-corrected chi connectivity index (χ2v) is 13.0. The van der Waals surface area contributed by atoms with Gasteiger partial charge in [0.15, 0.2) is 0 Å². The van der Waals surface area contributed by atoms with E-state index in [2.05, 4.69) is 0 Å². The summed E-state index contributed by atoms with van der Waals surface area (Å²) < 4.78 is 0. The first-order chi connectivity index (χ1) is 22.5. The zero-order chi connectivity index (χ0) is 31.5. The van der Waals surface area contributed by atoms with Gasteiger partial charge in [0.2, 0.25) is 32.7 Å². The van der Waals surface area contributed by atoms with Crippen molar-refractivity contribution in [2.75, 3.05) is 0 Å². The molecule has 5 heteroatoms. The zero-order valence-corrected chi connectivity index (χ0v) is 26.2. The highest BCUT2D eigenvalue weighted by Gasteiger charge is 2.36. The summed E-state index contributed by atoms with van der Waals surface area (Å²) in [5.74, 6) is -1.74. The Labute approximate surface area is 275 Å². The fourth-order valence-corrected chi connectivity index (χ4v) is 7.66. The fourth-order valence-electron chi connectivity index (χ4n) is 5.39. The highest BCUT2D eigenvalue weighted by atomic mass is 32.2. The summed E-state index contributed by atoms with van der Waals surface area (Å²) in [6.07, 6.45) is 7.23. The zero-order valence-electron chi connectivity index (χ0n) is 24.6. The molecule has 0 unspecified atom stereocenters. The molecule has 0 amide bonds. The van der Waals surface area contributed by atoms with Gasteiger partial charge in [-0.1, -0.05) is 109 Å². The molecule has 3 nitrogen and oxygen atoms in total. The quantitative estimate of drug-likeness (QED) is 0.115. The number of aliphatic hydroxyl groups is 1. The molecule has 1 aliphatic heterocycles. The van der Waals surface area contributed by atoms with Crippen LogP contribution >= 0.6 is 23.1 Å². The highest BCUT2D eigenvalue weighted by Crippen LogP contribution is 2.44. The van der Waals surface area contributed by atoms with Crippen LogP contribution in [0.2, 0.25) is 0 Å². The molecular formula is C41H27O3S2+. The van der Waals surface area contributed by atoms with E-state index in [1.807, 2.05) is 146 Å². The molecular weight excluding hydrogens is 605 g/mol. The van der Waals surface area contributed by atoms with E-state index in [-0.39, 0.29) is 16.9 Å². The van der Waals surface area contributed by atoms with Gasteiger partial charge < -0.3 is 5.11 Å². The number of hydrogen-bond donors (Lipinski definition) is 1. The number of carbonyl (C=O) groups is 2.